The van der Waals surface area contributed by atoms with Crippen LogP contribution in [0, 0.1) is 0 Å². The first-order chi connectivity index (χ1) is 11.2. The van der Waals surface area contributed by atoms with Crippen LogP contribution in [-0.2, 0) is 0 Å². The Kier molecular flexibility index (Phi) is 3.58. The molecule has 116 valence electrons. The van der Waals surface area contributed by atoms with Gasteiger partial charge in [-0.05, 0) is 47.9 Å². The van der Waals surface area contributed by atoms with E-state index in [0.717, 1.165) is 39.9 Å². The van der Waals surface area contributed by atoms with Crippen molar-refractivity contribution >= 4 is 27.5 Å². The molecule has 0 amide bonds. The fraction of sp³-hybridized carbons (Fsp3) is 0.278. The molecule has 1 N–H and O–H groups in total. The van der Waals surface area contributed by atoms with Gasteiger partial charge < -0.3 is 5.11 Å². The number of carboxylic acids is 1. The van der Waals surface area contributed by atoms with Gasteiger partial charge in [-0.15, -0.1) is 11.3 Å². The van der Waals surface area contributed by atoms with Crippen LogP contribution in [0.2, 0.25) is 0 Å². The van der Waals surface area contributed by atoms with Gasteiger partial charge in [0.1, 0.15) is 11.2 Å². The number of aromatic carboxylic acids is 1. The minimum Gasteiger partial charge on any atom is -0.478 e. The summed E-state index contributed by atoms with van der Waals surface area (Å²) in [6, 6.07) is 7.64. The summed E-state index contributed by atoms with van der Waals surface area (Å²) in [5.74, 6) is -0.498. The SMILES string of the molecule is O=C(O)c1ccc(-c2ncnc3sccc23)cc1C1CCCC1. The minimum absolute atomic E-state index is 0.348. The van der Waals surface area contributed by atoms with Crippen LogP contribution < -0.4 is 0 Å². The van der Waals surface area contributed by atoms with E-state index in [1.165, 1.54) is 12.8 Å². The molecular weight excluding hydrogens is 308 g/mol. The highest BCUT2D eigenvalue weighted by Gasteiger charge is 2.23. The number of rotatable bonds is 3. The Hall–Kier alpha value is -2.27. The lowest BCUT2D eigenvalue weighted by Crippen LogP contribution is -2.06. The summed E-state index contributed by atoms with van der Waals surface area (Å²) in [6.45, 7) is 0. The van der Waals surface area contributed by atoms with Gasteiger partial charge in [-0.1, -0.05) is 18.9 Å². The van der Waals surface area contributed by atoms with Gasteiger partial charge in [0.2, 0.25) is 0 Å². The molecule has 2 heterocycles. The molecule has 2 aromatic heterocycles. The first-order valence-electron chi connectivity index (χ1n) is 7.80. The third-order valence-electron chi connectivity index (χ3n) is 4.61. The fourth-order valence-electron chi connectivity index (χ4n) is 3.50. The van der Waals surface area contributed by atoms with E-state index in [2.05, 4.69) is 9.97 Å². The summed E-state index contributed by atoms with van der Waals surface area (Å²) in [7, 11) is 0. The van der Waals surface area contributed by atoms with Crippen molar-refractivity contribution in [2.24, 2.45) is 0 Å². The lowest BCUT2D eigenvalue weighted by molar-refractivity contribution is 0.0695. The van der Waals surface area contributed by atoms with E-state index in [9.17, 15) is 9.90 Å². The lowest BCUT2D eigenvalue weighted by atomic mass is 9.90. The first-order valence-corrected chi connectivity index (χ1v) is 8.68. The molecule has 1 fully saturated rings. The number of thiophene rings is 1. The monoisotopic (exact) mass is 324 g/mol. The van der Waals surface area contributed by atoms with Gasteiger partial charge in [0.15, 0.2) is 0 Å². The second-order valence-electron chi connectivity index (χ2n) is 5.95. The maximum Gasteiger partial charge on any atom is 0.335 e. The van der Waals surface area contributed by atoms with Gasteiger partial charge in [-0.2, -0.15) is 0 Å². The number of aromatic nitrogens is 2. The molecule has 1 aliphatic rings. The summed E-state index contributed by atoms with van der Waals surface area (Å²) >= 11 is 1.59. The molecule has 0 spiro atoms. The highest BCUT2D eigenvalue weighted by atomic mass is 32.1. The number of hydrogen-bond acceptors (Lipinski definition) is 4. The van der Waals surface area contributed by atoms with Crippen molar-refractivity contribution in [2.45, 2.75) is 31.6 Å². The second-order valence-corrected chi connectivity index (χ2v) is 6.84. The largest absolute Gasteiger partial charge is 0.478 e. The van der Waals surface area contributed by atoms with E-state index >= 15 is 0 Å². The predicted octanol–water partition coefficient (Wildman–Crippen LogP) is 4.71. The van der Waals surface area contributed by atoms with E-state index in [4.69, 9.17) is 0 Å². The standard InChI is InChI=1S/C18H16N2O2S/c21-18(22)13-6-5-12(9-15(13)11-3-1-2-4-11)16-14-7-8-23-17(14)20-10-19-16/h5-11H,1-4H2,(H,21,22). The van der Waals surface area contributed by atoms with Crippen LogP contribution in [0.1, 0.15) is 47.5 Å². The zero-order valence-corrected chi connectivity index (χ0v) is 13.3. The molecule has 0 aliphatic heterocycles. The normalized spacial score (nSPS) is 15.3. The molecule has 1 saturated carbocycles. The Labute approximate surface area is 137 Å². The molecule has 0 radical (unpaired) electrons. The number of fused-ring (bicyclic) bond motifs is 1. The van der Waals surface area contributed by atoms with Gasteiger partial charge >= 0.3 is 5.97 Å². The molecule has 0 unspecified atom stereocenters. The lowest BCUT2D eigenvalue weighted by Gasteiger charge is -2.15. The molecule has 0 saturated heterocycles. The molecule has 1 aliphatic carbocycles. The summed E-state index contributed by atoms with van der Waals surface area (Å²) in [4.78, 5) is 21.3. The summed E-state index contributed by atoms with van der Waals surface area (Å²) in [6.07, 6.45) is 6.07. The van der Waals surface area contributed by atoms with Crippen molar-refractivity contribution in [3.8, 4) is 11.3 Å². The third-order valence-corrected chi connectivity index (χ3v) is 5.43. The van der Waals surface area contributed by atoms with Crippen LogP contribution in [0.25, 0.3) is 21.5 Å². The smallest absolute Gasteiger partial charge is 0.335 e. The molecule has 4 nitrogen and oxygen atoms in total. The van der Waals surface area contributed by atoms with Gasteiger partial charge in [0, 0.05) is 10.9 Å². The maximum atomic E-state index is 11.6. The Morgan fingerprint density at radius 2 is 2.00 bits per heavy atom. The van der Waals surface area contributed by atoms with Crippen LogP contribution in [-0.4, -0.2) is 21.0 Å². The molecule has 0 atom stereocenters. The van der Waals surface area contributed by atoms with Crippen molar-refractivity contribution < 1.29 is 9.90 Å². The third kappa shape index (κ3) is 2.51. The van der Waals surface area contributed by atoms with Gasteiger partial charge in [0.25, 0.3) is 0 Å². The van der Waals surface area contributed by atoms with Crippen LogP contribution >= 0.6 is 11.3 Å². The number of carboxylic acid groups (broad SMARTS) is 1. The van der Waals surface area contributed by atoms with Gasteiger partial charge in [-0.3, -0.25) is 0 Å². The maximum absolute atomic E-state index is 11.6. The first kappa shape index (κ1) is 14.3. The van der Waals surface area contributed by atoms with Crippen LogP contribution in [0.15, 0.2) is 36.0 Å². The topological polar surface area (TPSA) is 63.1 Å². The van der Waals surface area contributed by atoms with E-state index in [1.54, 1.807) is 23.7 Å². The summed E-state index contributed by atoms with van der Waals surface area (Å²) in [5, 5.41) is 12.5. The summed E-state index contributed by atoms with van der Waals surface area (Å²) in [5.41, 5.74) is 3.24. The van der Waals surface area contributed by atoms with Crippen molar-refractivity contribution in [1.82, 2.24) is 9.97 Å². The Morgan fingerprint density at radius 1 is 1.17 bits per heavy atom. The molecule has 5 heteroatoms. The number of hydrogen-bond donors (Lipinski definition) is 1. The van der Waals surface area contributed by atoms with Crippen LogP contribution in [0.5, 0.6) is 0 Å². The molecular formula is C18H16N2O2S. The molecule has 3 aromatic rings. The zero-order valence-electron chi connectivity index (χ0n) is 12.5. The van der Waals surface area contributed by atoms with Crippen LogP contribution in [0.4, 0.5) is 0 Å². The van der Waals surface area contributed by atoms with Crippen molar-refractivity contribution in [3.63, 3.8) is 0 Å². The molecule has 1 aromatic carbocycles. The molecule has 0 bridgehead atoms. The average molecular weight is 324 g/mol. The average Bonchev–Trinajstić information content (AvgIpc) is 3.25. The van der Waals surface area contributed by atoms with Crippen molar-refractivity contribution in [3.05, 3.63) is 47.1 Å². The quantitative estimate of drug-likeness (QED) is 0.757. The minimum atomic E-state index is -0.846. The van der Waals surface area contributed by atoms with Crippen molar-refractivity contribution in [1.29, 1.82) is 0 Å². The Bertz CT molecular complexity index is 882. The number of nitrogens with zero attached hydrogens (tertiary/aromatic N) is 2. The zero-order chi connectivity index (χ0) is 15.8. The Balaban J connectivity index is 1.88. The molecule has 4 rings (SSSR count). The Morgan fingerprint density at radius 3 is 2.78 bits per heavy atom. The fourth-order valence-corrected chi connectivity index (χ4v) is 4.23. The highest BCUT2D eigenvalue weighted by Crippen LogP contribution is 2.38. The summed E-state index contributed by atoms with van der Waals surface area (Å²) < 4.78 is 0. The molecule has 23 heavy (non-hydrogen) atoms. The van der Waals surface area contributed by atoms with E-state index in [-0.39, 0.29) is 0 Å². The van der Waals surface area contributed by atoms with E-state index < -0.39 is 5.97 Å². The predicted molar refractivity (Wildman–Crippen MR) is 91.0 cm³/mol. The second kappa shape index (κ2) is 5.74. The van der Waals surface area contributed by atoms with Crippen molar-refractivity contribution in [2.75, 3.05) is 0 Å². The van der Waals surface area contributed by atoms with Crippen LogP contribution in [0.3, 0.4) is 0 Å². The van der Waals surface area contributed by atoms with E-state index in [1.807, 2.05) is 23.6 Å². The highest BCUT2D eigenvalue weighted by molar-refractivity contribution is 7.16. The van der Waals surface area contributed by atoms with E-state index in [0.29, 0.717) is 11.5 Å². The van der Waals surface area contributed by atoms with Gasteiger partial charge in [-0.25, -0.2) is 14.8 Å². The number of carbonyl (C=O) groups is 1. The van der Waals surface area contributed by atoms with Gasteiger partial charge in [0.05, 0.1) is 11.3 Å². The number of benzene rings is 1.